The molecular weight excluding hydrogens is 415 g/mol. The number of nitrogens with zero attached hydrogens (tertiary/aromatic N) is 2. The van der Waals surface area contributed by atoms with Crippen LogP contribution in [-0.2, 0) is 4.79 Å². The average Bonchev–Trinajstić information content (AvgIpc) is 2.93. The number of unbranched alkanes of at least 4 members (excludes halogenated alkanes) is 1. The van der Waals surface area contributed by atoms with E-state index in [1.165, 1.54) is 38.5 Å². The highest BCUT2D eigenvalue weighted by Crippen LogP contribution is 2.28. The zero-order valence-corrected chi connectivity index (χ0v) is 18.5. The molecule has 142 valence electrons. The Hall–Kier alpha value is -0.530. The summed E-state index contributed by atoms with van der Waals surface area (Å²) >= 11 is 0. The van der Waals surface area contributed by atoms with E-state index in [1.54, 1.807) is 7.05 Å². The number of carbonyl (C=O) groups is 1. The molecule has 0 saturated heterocycles. The monoisotopic (exact) mass is 452 g/mol. The second-order valence-corrected chi connectivity index (χ2v) is 7.77. The average molecular weight is 452 g/mol. The Morgan fingerprint density at radius 1 is 1.21 bits per heavy atom. The SMILES string of the molecule is CN=C(NCCCCC1CCCC1)N(C)CC(=O)NC(C)(C)C.I. The van der Waals surface area contributed by atoms with Gasteiger partial charge in [-0.3, -0.25) is 9.79 Å². The number of hydrogen-bond donors (Lipinski definition) is 2. The summed E-state index contributed by atoms with van der Waals surface area (Å²) in [6.45, 7) is 7.20. The Balaban J connectivity index is 0.00000529. The second kappa shape index (κ2) is 11.9. The summed E-state index contributed by atoms with van der Waals surface area (Å²) in [5.74, 6) is 1.78. The molecule has 24 heavy (non-hydrogen) atoms. The maximum Gasteiger partial charge on any atom is 0.240 e. The Kier molecular flexibility index (Phi) is 11.7. The van der Waals surface area contributed by atoms with Crippen LogP contribution in [0.15, 0.2) is 4.99 Å². The van der Waals surface area contributed by atoms with Crippen LogP contribution in [0.2, 0.25) is 0 Å². The van der Waals surface area contributed by atoms with Gasteiger partial charge in [0.1, 0.15) is 0 Å². The van der Waals surface area contributed by atoms with Gasteiger partial charge >= 0.3 is 0 Å². The van der Waals surface area contributed by atoms with Gasteiger partial charge < -0.3 is 15.5 Å². The second-order valence-electron chi connectivity index (χ2n) is 7.77. The maximum atomic E-state index is 12.0. The molecule has 0 atom stereocenters. The molecule has 0 unspecified atom stereocenters. The van der Waals surface area contributed by atoms with E-state index in [1.807, 2.05) is 32.7 Å². The van der Waals surface area contributed by atoms with Gasteiger partial charge in [0.2, 0.25) is 5.91 Å². The highest BCUT2D eigenvalue weighted by Gasteiger charge is 2.17. The van der Waals surface area contributed by atoms with Crippen LogP contribution in [0.25, 0.3) is 0 Å². The summed E-state index contributed by atoms with van der Waals surface area (Å²) in [5.41, 5.74) is -0.199. The molecule has 0 heterocycles. The molecule has 6 heteroatoms. The van der Waals surface area contributed by atoms with Gasteiger partial charge in [-0.25, -0.2) is 0 Å². The first-order valence-electron chi connectivity index (χ1n) is 9.04. The van der Waals surface area contributed by atoms with E-state index >= 15 is 0 Å². The number of rotatable bonds is 7. The largest absolute Gasteiger partial charge is 0.356 e. The van der Waals surface area contributed by atoms with E-state index in [4.69, 9.17) is 0 Å². The topological polar surface area (TPSA) is 56.7 Å². The van der Waals surface area contributed by atoms with Crippen LogP contribution in [0, 0.1) is 5.92 Å². The molecular formula is C18H37IN4O. The molecule has 0 bridgehead atoms. The van der Waals surface area contributed by atoms with E-state index in [9.17, 15) is 4.79 Å². The van der Waals surface area contributed by atoms with Crippen LogP contribution < -0.4 is 10.6 Å². The lowest BCUT2D eigenvalue weighted by Crippen LogP contribution is -2.48. The zero-order chi connectivity index (χ0) is 17.3. The fraction of sp³-hybridized carbons (Fsp3) is 0.889. The predicted octanol–water partition coefficient (Wildman–Crippen LogP) is 3.39. The van der Waals surface area contributed by atoms with Crippen molar-refractivity contribution in [1.82, 2.24) is 15.5 Å². The Labute approximate surface area is 165 Å². The minimum Gasteiger partial charge on any atom is -0.356 e. The first kappa shape index (κ1) is 23.5. The van der Waals surface area contributed by atoms with Gasteiger partial charge in [-0.2, -0.15) is 0 Å². The molecule has 2 N–H and O–H groups in total. The highest BCUT2D eigenvalue weighted by atomic mass is 127. The van der Waals surface area contributed by atoms with Crippen LogP contribution in [0.5, 0.6) is 0 Å². The zero-order valence-electron chi connectivity index (χ0n) is 16.2. The van der Waals surface area contributed by atoms with E-state index < -0.39 is 0 Å². The van der Waals surface area contributed by atoms with Crippen molar-refractivity contribution >= 4 is 35.8 Å². The third kappa shape index (κ3) is 10.4. The summed E-state index contributed by atoms with van der Waals surface area (Å²) in [4.78, 5) is 18.1. The summed E-state index contributed by atoms with van der Waals surface area (Å²) in [6, 6.07) is 0. The number of hydrogen-bond acceptors (Lipinski definition) is 2. The normalized spacial score (nSPS) is 15.8. The lowest BCUT2D eigenvalue weighted by molar-refractivity contribution is -0.122. The number of guanidine groups is 1. The van der Waals surface area contributed by atoms with Crippen LogP contribution in [0.3, 0.4) is 0 Å². The van der Waals surface area contributed by atoms with Crippen molar-refractivity contribution in [1.29, 1.82) is 0 Å². The third-order valence-corrected chi connectivity index (χ3v) is 4.27. The van der Waals surface area contributed by atoms with Gasteiger partial charge in [0.05, 0.1) is 6.54 Å². The molecule has 1 saturated carbocycles. The smallest absolute Gasteiger partial charge is 0.240 e. The van der Waals surface area contributed by atoms with Crippen molar-refractivity contribution in [2.75, 3.05) is 27.2 Å². The van der Waals surface area contributed by atoms with Gasteiger partial charge in [0.25, 0.3) is 0 Å². The molecule has 1 aliphatic rings. The van der Waals surface area contributed by atoms with Gasteiger partial charge in [-0.1, -0.05) is 38.5 Å². The first-order chi connectivity index (χ1) is 10.8. The van der Waals surface area contributed by atoms with Crippen LogP contribution >= 0.6 is 24.0 Å². The molecule has 1 rings (SSSR count). The molecule has 0 radical (unpaired) electrons. The van der Waals surface area contributed by atoms with E-state index in [2.05, 4.69) is 15.6 Å². The molecule has 0 aromatic rings. The molecule has 1 aliphatic carbocycles. The fourth-order valence-corrected chi connectivity index (χ4v) is 3.19. The first-order valence-corrected chi connectivity index (χ1v) is 9.04. The molecule has 5 nitrogen and oxygen atoms in total. The van der Waals surface area contributed by atoms with Crippen molar-refractivity contribution in [3.63, 3.8) is 0 Å². The molecule has 0 spiro atoms. The van der Waals surface area contributed by atoms with Gasteiger partial charge in [-0.05, 0) is 33.1 Å². The van der Waals surface area contributed by atoms with Crippen molar-refractivity contribution < 1.29 is 4.79 Å². The van der Waals surface area contributed by atoms with E-state index in [0.717, 1.165) is 24.8 Å². The molecule has 1 fully saturated rings. The minimum atomic E-state index is -0.199. The van der Waals surface area contributed by atoms with Crippen LogP contribution in [-0.4, -0.2) is 49.5 Å². The lowest BCUT2D eigenvalue weighted by atomic mass is 10.0. The number of carbonyl (C=O) groups excluding carboxylic acids is 1. The summed E-state index contributed by atoms with van der Waals surface area (Å²) in [7, 11) is 3.66. The number of halogens is 1. The minimum absolute atomic E-state index is 0. The van der Waals surface area contributed by atoms with E-state index in [-0.39, 0.29) is 35.4 Å². The third-order valence-electron chi connectivity index (χ3n) is 4.27. The van der Waals surface area contributed by atoms with Crippen molar-refractivity contribution in [2.24, 2.45) is 10.9 Å². The van der Waals surface area contributed by atoms with Gasteiger partial charge in [-0.15, -0.1) is 24.0 Å². The Bertz CT molecular complexity index is 387. The quantitative estimate of drug-likeness (QED) is 0.270. The Morgan fingerprint density at radius 2 is 1.83 bits per heavy atom. The summed E-state index contributed by atoms with van der Waals surface area (Å²) in [6.07, 6.45) is 9.53. The maximum absolute atomic E-state index is 12.0. The number of nitrogens with one attached hydrogen (secondary N) is 2. The molecule has 1 amide bonds. The standard InChI is InChI=1S/C18H36N4O.HI/c1-18(2,3)21-16(23)14-22(5)17(19-4)20-13-9-8-12-15-10-6-7-11-15;/h15H,6-14H2,1-5H3,(H,19,20)(H,21,23);1H. The number of likely N-dealkylation sites (N-methyl/N-ethyl adjacent to an activating group) is 1. The number of amides is 1. The number of aliphatic imine (C=N–C) groups is 1. The predicted molar refractivity (Wildman–Crippen MR) is 113 cm³/mol. The molecule has 0 aliphatic heterocycles. The molecule has 0 aromatic carbocycles. The van der Waals surface area contributed by atoms with Crippen molar-refractivity contribution in [3.8, 4) is 0 Å². The lowest BCUT2D eigenvalue weighted by Gasteiger charge is -2.25. The summed E-state index contributed by atoms with van der Waals surface area (Å²) in [5, 5.41) is 6.33. The Morgan fingerprint density at radius 3 is 2.38 bits per heavy atom. The van der Waals surface area contributed by atoms with Crippen molar-refractivity contribution in [3.05, 3.63) is 0 Å². The van der Waals surface area contributed by atoms with E-state index in [0.29, 0.717) is 6.54 Å². The van der Waals surface area contributed by atoms with Gasteiger partial charge in [0, 0.05) is 26.2 Å². The molecule has 0 aromatic heterocycles. The fourth-order valence-electron chi connectivity index (χ4n) is 3.19. The van der Waals surface area contributed by atoms with Gasteiger partial charge in [0.15, 0.2) is 5.96 Å². The van der Waals surface area contributed by atoms with Crippen LogP contribution in [0.4, 0.5) is 0 Å². The highest BCUT2D eigenvalue weighted by molar-refractivity contribution is 14.0. The summed E-state index contributed by atoms with van der Waals surface area (Å²) < 4.78 is 0. The van der Waals surface area contributed by atoms with Crippen molar-refractivity contribution in [2.45, 2.75) is 71.3 Å². The van der Waals surface area contributed by atoms with Crippen LogP contribution in [0.1, 0.15) is 65.7 Å².